The molecule has 4 nitrogen and oxygen atoms in total. The highest BCUT2D eigenvalue weighted by Gasteiger charge is 2.31. The van der Waals surface area contributed by atoms with E-state index < -0.39 is 6.04 Å². The highest BCUT2D eigenvalue weighted by molar-refractivity contribution is 7.99. The van der Waals surface area contributed by atoms with Gasteiger partial charge in [0.1, 0.15) is 6.04 Å². The zero-order valence-corrected chi connectivity index (χ0v) is 24.0. The lowest BCUT2D eigenvalue weighted by Crippen LogP contribution is -2.51. The van der Waals surface area contributed by atoms with Gasteiger partial charge in [-0.15, -0.1) is 11.8 Å². The van der Waals surface area contributed by atoms with Crippen molar-refractivity contribution in [2.24, 2.45) is 0 Å². The lowest BCUT2D eigenvalue weighted by atomic mass is 10.0. The molecule has 1 N–H and O–H groups in total. The molecule has 0 aliphatic heterocycles. The van der Waals surface area contributed by atoms with Gasteiger partial charge in [0.15, 0.2) is 0 Å². The minimum Gasteiger partial charge on any atom is -0.352 e. The van der Waals surface area contributed by atoms with Crippen molar-refractivity contribution in [1.29, 1.82) is 0 Å². The van der Waals surface area contributed by atoms with Gasteiger partial charge in [0.05, 0.1) is 0 Å². The van der Waals surface area contributed by atoms with Crippen LogP contribution in [0.2, 0.25) is 15.1 Å². The molecule has 0 unspecified atom stereocenters. The fraction of sp³-hybridized carbons (Fsp3) is 0.310. The first-order chi connectivity index (χ1) is 17.7. The summed E-state index contributed by atoms with van der Waals surface area (Å²) in [5, 5.41) is 4.61. The number of nitrogens with zero attached hydrogens (tertiary/aromatic N) is 1. The van der Waals surface area contributed by atoms with E-state index >= 15 is 0 Å². The topological polar surface area (TPSA) is 49.4 Å². The highest BCUT2D eigenvalue weighted by Crippen LogP contribution is 2.28. The SMILES string of the molecule is CC(C)NC(=O)[C@H](Cc1ccccc1)N(Cc1c(Cl)cccc1Cl)C(=O)CCCSc1ccc(Cl)cc1. The molecule has 3 rings (SSSR count). The van der Waals surface area contributed by atoms with E-state index in [4.69, 9.17) is 34.8 Å². The third kappa shape index (κ3) is 9.26. The van der Waals surface area contributed by atoms with Crippen LogP contribution in [0.4, 0.5) is 0 Å². The monoisotopic (exact) mass is 576 g/mol. The summed E-state index contributed by atoms with van der Waals surface area (Å²) in [5.41, 5.74) is 1.60. The molecule has 8 heteroatoms. The van der Waals surface area contributed by atoms with Crippen molar-refractivity contribution in [3.8, 4) is 0 Å². The number of carbonyl (C=O) groups excluding carboxylic acids is 2. The lowest BCUT2D eigenvalue weighted by molar-refractivity contribution is -0.141. The van der Waals surface area contributed by atoms with Crippen LogP contribution in [0.3, 0.4) is 0 Å². The summed E-state index contributed by atoms with van der Waals surface area (Å²) in [4.78, 5) is 29.8. The third-order valence-corrected chi connectivity index (χ3v) is 7.77. The first-order valence-corrected chi connectivity index (χ1v) is 14.3. The van der Waals surface area contributed by atoms with Crippen LogP contribution in [0.1, 0.15) is 37.8 Å². The van der Waals surface area contributed by atoms with Crippen LogP contribution < -0.4 is 5.32 Å². The zero-order valence-electron chi connectivity index (χ0n) is 20.9. The summed E-state index contributed by atoms with van der Waals surface area (Å²) in [7, 11) is 0. The van der Waals surface area contributed by atoms with Crippen molar-refractivity contribution in [1.82, 2.24) is 10.2 Å². The van der Waals surface area contributed by atoms with Crippen LogP contribution in [0.25, 0.3) is 0 Å². The molecule has 196 valence electrons. The van der Waals surface area contributed by atoms with E-state index in [0.29, 0.717) is 39.9 Å². The van der Waals surface area contributed by atoms with Crippen LogP contribution in [-0.4, -0.2) is 34.6 Å². The van der Waals surface area contributed by atoms with Crippen LogP contribution in [0.5, 0.6) is 0 Å². The van der Waals surface area contributed by atoms with E-state index in [2.05, 4.69) is 5.32 Å². The molecule has 0 saturated carbocycles. The van der Waals surface area contributed by atoms with Crippen molar-refractivity contribution < 1.29 is 9.59 Å². The maximum absolute atomic E-state index is 13.7. The Morgan fingerprint density at radius 3 is 2.16 bits per heavy atom. The van der Waals surface area contributed by atoms with Gasteiger partial charge >= 0.3 is 0 Å². The van der Waals surface area contributed by atoms with Gasteiger partial charge in [-0.05, 0) is 68.0 Å². The Morgan fingerprint density at radius 2 is 1.54 bits per heavy atom. The summed E-state index contributed by atoms with van der Waals surface area (Å²) >= 11 is 20.6. The van der Waals surface area contributed by atoms with Crippen molar-refractivity contribution in [2.75, 3.05) is 5.75 Å². The fourth-order valence-corrected chi connectivity index (χ4v) is 5.37. The Hall–Kier alpha value is -2.18. The van der Waals surface area contributed by atoms with Crippen LogP contribution in [0, 0.1) is 0 Å². The predicted molar refractivity (Wildman–Crippen MR) is 156 cm³/mol. The summed E-state index contributed by atoms with van der Waals surface area (Å²) in [5.74, 6) is 0.439. The Bertz CT molecular complexity index is 1150. The van der Waals surface area contributed by atoms with Crippen molar-refractivity contribution >= 4 is 58.4 Å². The minimum absolute atomic E-state index is 0.0672. The Labute approximate surface area is 238 Å². The second-order valence-electron chi connectivity index (χ2n) is 9.00. The Kier molecular flexibility index (Phi) is 11.7. The first kappa shape index (κ1) is 29.4. The van der Waals surface area contributed by atoms with E-state index in [-0.39, 0.29) is 24.4 Å². The standard InChI is InChI=1S/C29H31Cl3N2O2S/c1-20(2)33-29(36)27(18-21-8-4-3-5-9-21)34(19-24-25(31)10-6-11-26(24)32)28(35)12-7-17-37-23-15-13-22(30)14-16-23/h3-6,8-11,13-16,20,27H,7,12,17-19H2,1-2H3,(H,33,36)/t27-/m0/s1. The van der Waals surface area contributed by atoms with Crippen LogP contribution >= 0.6 is 46.6 Å². The van der Waals surface area contributed by atoms with E-state index in [0.717, 1.165) is 16.2 Å². The van der Waals surface area contributed by atoms with E-state index in [1.807, 2.05) is 68.4 Å². The molecule has 0 fully saturated rings. The van der Waals surface area contributed by atoms with Crippen molar-refractivity contribution in [2.45, 2.75) is 56.6 Å². The number of halogens is 3. The second kappa shape index (κ2) is 14.7. The van der Waals surface area contributed by atoms with E-state index in [1.54, 1.807) is 34.9 Å². The van der Waals surface area contributed by atoms with E-state index in [1.165, 1.54) is 0 Å². The average molecular weight is 578 g/mol. The lowest BCUT2D eigenvalue weighted by Gasteiger charge is -2.32. The third-order valence-electron chi connectivity index (χ3n) is 5.71. The van der Waals surface area contributed by atoms with Crippen molar-refractivity contribution in [3.63, 3.8) is 0 Å². The quantitative estimate of drug-likeness (QED) is 0.177. The molecule has 3 aromatic carbocycles. The smallest absolute Gasteiger partial charge is 0.243 e. The molecule has 1 atom stereocenters. The number of carbonyl (C=O) groups is 2. The second-order valence-corrected chi connectivity index (χ2v) is 11.4. The number of amides is 2. The maximum Gasteiger partial charge on any atom is 0.243 e. The number of hydrogen-bond acceptors (Lipinski definition) is 3. The number of benzene rings is 3. The molecule has 0 spiro atoms. The van der Waals surface area contributed by atoms with E-state index in [9.17, 15) is 9.59 Å². The van der Waals surface area contributed by atoms with Gasteiger partial charge in [0.2, 0.25) is 11.8 Å². The van der Waals surface area contributed by atoms with Gasteiger partial charge in [0, 0.05) is 51.0 Å². The van der Waals surface area contributed by atoms with Crippen molar-refractivity contribution in [3.05, 3.63) is 99.0 Å². The number of rotatable bonds is 12. The largest absolute Gasteiger partial charge is 0.352 e. The fourth-order valence-electron chi connectivity index (χ4n) is 3.88. The summed E-state index contributed by atoms with van der Waals surface area (Å²) in [6, 6.07) is 21.8. The number of hydrogen-bond donors (Lipinski definition) is 1. The predicted octanol–water partition coefficient (Wildman–Crippen LogP) is 7.68. The highest BCUT2D eigenvalue weighted by atomic mass is 35.5. The number of thioether (sulfide) groups is 1. The molecule has 0 aromatic heterocycles. The molecule has 0 heterocycles. The normalized spacial score (nSPS) is 11.8. The first-order valence-electron chi connectivity index (χ1n) is 12.2. The molecular weight excluding hydrogens is 547 g/mol. The van der Waals surface area contributed by atoms with Gasteiger partial charge < -0.3 is 10.2 Å². The molecule has 0 aliphatic rings. The summed E-state index contributed by atoms with van der Waals surface area (Å²) in [6.45, 7) is 3.95. The summed E-state index contributed by atoms with van der Waals surface area (Å²) in [6.07, 6.45) is 1.33. The van der Waals surface area contributed by atoms with Crippen LogP contribution in [0.15, 0.2) is 77.7 Å². The summed E-state index contributed by atoms with van der Waals surface area (Å²) < 4.78 is 0. The van der Waals surface area contributed by atoms with Gasteiger partial charge in [-0.25, -0.2) is 0 Å². The zero-order chi connectivity index (χ0) is 26.8. The van der Waals surface area contributed by atoms with Crippen LogP contribution in [-0.2, 0) is 22.6 Å². The molecule has 0 radical (unpaired) electrons. The Morgan fingerprint density at radius 1 is 0.892 bits per heavy atom. The van der Waals surface area contributed by atoms with Gasteiger partial charge in [0.25, 0.3) is 0 Å². The minimum atomic E-state index is -0.714. The molecular formula is C29H31Cl3N2O2S. The molecule has 37 heavy (non-hydrogen) atoms. The molecule has 2 amide bonds. The molecule has 3 aromatic rings. The average Bonchev–Trinajstić information content (AvgIpc) is 2.86. The number of nitrogens with one attached hydrogen (secondary N) is 1. The molecule has 0 saturated heterocycles. The van der Waals surface area contributed by atoms with Gasteiger partial charge in [-0.3, -0.25) is 9.59 Å². The molecule has 0 bridgehead atoms. The maximum atomic E-state index is 13.7. The molecule has 0 aliphatic carbocycles. The van der Waals surface area contributed by atoms with Gasteiger partial charge in [-0.2, -0.15) is 0 Å². The Balaban J connectivity index is 1.83. The van der Waals surface area contributed by atoms with Gasteiger partial charge in [-0.1, -0.05) is 71.2 Å².